The van der Waals surface area contributed by atoms with Crippen molar-refractivity contribution in [2.45, 2.75) is 64.4 Å². The zero-order valence-corrected chi connectivity index (χ0v) is 14.7. The molecule has 24 heavy (non-hydrogen) atoms. The van der Waals surface area contributed by atoms with Gasteiger partial charge < -0.3 is 10.2 Å². The number of benzene rings is 1. The molecule has 1 rings (SSSR count). The first kappa shape index (κ1) is 20.2. The Hall–Kier alpha value is -1.87. The number of carboxylic acids is 1. The van der Waals surface area contributed by atoms with Crippen LogP contribution in [-0.4, -0.2) is 16.2 Å². The van der Waals surface area contributed by atoms with Crippen LogP contribution in [-0.2, 0) is 4.79 Å². The molecule has 1 aromatic rings. The molecular formula is C21H30O3. The van der Waals surface area contributed by atoms with Crippen LogP contribution in [0.1, 0.15) is 75.5 Å². The molecule has 0 aliphatic heterocycles. The maximum absolute atomic E-state index is 10.5. The van der Waals surface area contributed by atoms with Crippen molar-refractivity contribution in [1.82, 2.24) is 0 Å². The van der Waals surface area contributed by atoms with E-state index in [0.717, 1.165) is 24.0 Å². The molecule has 1 aromatic carbocycles. The number of hydrogen-bond acceptors (Lipinski definition) is 2. The largest absolute Gasteiger partial charge is 0.481 e. The molecule has 0 saturated carbocycles. The van der Waals surface area contributed by atoms with Crippen molar-refractivity contribution in [1.29, 1.82) is 0 Å². The Morgan fingerprint density at radius 3 is 2.58 bits per heavy atom. The third kappa shape index (κ3) is 8.68. The van der Waals surface area contributed by atoms with Crippen molar-refractivity contribution >= 4 is 12.0 Å². The van der Waals surface area contributed by atoms with Crippen molar-refractivity contribution < 1.29 is 15.0 Å². The van der Waals surface area contributed by atoms with Gasteiger partial charge >= 0.3 is 5.97 Å². The third-order valence-corrected chi connectivity index (χ3v) is 3.91. The van der Waals surface area contributed by atoms with Gasteiger partial charge in [-0.2, -0.15) is 0 Å². The minimum absolute atomic E-state index is 0.192. The van der Waals surface area contributed by atoms with Crippen LogP contribution in [0.25, 0.3) is 6.08 Å². The molecule has 3 nitrogen and oxygen atoms in total. The summed E-state index contributed by atoms with van der Waals surface area (Å²) in [6.07, 6.45) is 14.6. The number of unbranched alkanes of at least 4 members (excludes halogenated alkanes) is 4. The topological polar surface area (TPSA) is 57.5 Å². The number of rotatable bonds is 12. The SMILES string of the molecule is CCCCC/C=C\CC(O)c1ccccc1/C=C\CCCC(=O)O. The average Bonchev–Trinajstić information content (AvgIpc) is 2.57. The van der Waals surface area contributed by atoms with Crippen LogP contribution in [0.5, 0.6) is 0 Å². The van der Waals surface area contributed by atoms with Crippen molar-refractivity contribution in [2.75, 3.05) is 0 Å². The first-order valence-electron chi connectivity index (χ1n) is 8.95. The summed E-state index contributed by atoms with van der Waals surface area (Å²) in [6.45, 7) is 2.19. The molecule has 0 saturated heterocycles. The van der Waals surface area contributed by atoms with Crippen molar-refractivity contribution in [3.05, 3.63) is 53.6 Å². The third-order valence-electron chi connectivity index (χ3n) is 3.91. The number of allylic oxidation sites excluding steroid dienone is 2. The van der Waals surface area contributed by atoms with Crippen LogP contribution >= 0.6 is 0 Å². The molecule has 1 unspecified atom stereocenters. The highest BCUT2D eigenvalue weighted by molar-refractivity contribution is 5.66. The van der Waals surface area contributed by atoms with Gasteiger partial charge in [0.2, 0.25) is 0 Å². The molecule has 0 heterocycles. The summed E-state index contributed by atoms with van der Waals surface area (Å²) in [7, 11) is 0. The van der Waals surface area contributed by atoms with Gasteiger partial charge in [0, 0.05) is 6.42 Å². The molecule has 0 aliphatic carbocycles. The summed E-state index contributed by atoms with van der Waals surface area (Å²) in [6, 6.07) is 7.82. The minimum Gasteiger partial charge on any atom is -0.481 e. The molecule has 0 aromatic heterocycles. The Bertz CT molecular complexity index is 532. The monoisotopic (exact) mass is 330 g/mol. The molecule has 3 heteroatoms. The summed E-state index contributed by atoms with van der Waals surface area (Å²) in [5, 5.41) is 19.1. The lowest BCUT2D eigenvalue weighted by molar-refractivity contribution is -0.137. The van der Waals surface area contributed by atoms with Crippen LogP contribution in [0.2, 0.25) is 0 Å². The smallest absolute Gasteiger partial charge is 0.303 e. The maximum Gasteiger partial charge on any atom is 0.303 e. The first-order valence-corrected chi connectivity index (χ1v) is 8.95. The van der Waals surface area contributed by atoms with Gasteiger partial charge in [0.05, 0.1) is 6.10 Å². The molecular weight excluding hydrogens is 300 g/mol. The molecule has 0 fully saturated rings. The van der Waals surface area contributed by atoms with E-state index < -0.39 is 12.1 Å². The van der Waals surface area contributed by atoms with E-state index >= 15 is 0 Å². The van der Waals surface area contributed by atoms with Crippen molar-refractivity contribution in [2.24, 2.45) is 0 Å². The highest BCUT2D eigenvalue weighted by Crippen LogP contribution is 2.23. The van der Waals surface area contributed by atoms with Crippen molar-refractivity contribution in [3.8, 4) is 0 Å². The lowest BCUT2D eigenvalue weighted by Crippen LogP contribution is -1.98. The Balaban J connectivity index is 2.51. The summed E-state index contributed by atoms with van der Waals surface area (Å²) in [4.78, 5) is 10.5. The lowest BCUT2D eigenvalue weighted by atomic mass is 9.99. The summed E-state index contributed by atoms with van der Waals surface area (Å²) < 4.78 is 0. The zero-order valence-electron chi connectivity index (χ0n) is 14.7. The van der Waals surface area contributed by atoms with Crippen LogP contribution in [0, 0.1) is 0 Å². The quantitative estimate of drug-likeness (QED) is 0.392. The maximum atomic E-state index is 10.5. The van der Waals surface area contributed by atoms with Crippen LogP contribution in [0.3, 0.4) is 0 Å². The van der Waals surface area contributed by atoms with E-state index in [1.54, 1.807) is 0 Å². The lowest BCUT2D eigenvalue weighted by Gasteiger charge is -2.12. The standard InChI is InChI=1S/C21H30O3/c1-2-3-4-5-6-9-16-20(22)19-15-12-11-14-18(19)13-8-7-10-17-21(23)24/h6,8-9,11-15,20,22H,2-5,7,10,16-17H2,1H3,(H,23,24)/b9-6-,13-8-. The molecule has 0 aliphatic rings. The zero-order chi connectivity index (χ0) is 17.6. The number of aliphatic carboxylic acids is 1. The molecule has 0 radical (unpaired) electrons. The van der Waals surface area contributed by atoms with Crippen LogP contribution < -0.4 is 0 Å². The minimum atomic E-state index is -0.759. The highest BCUT2D eigenvalue weighted by atomic mass is 16.4. The Morgan fingerprint density at radius 2 is 1.83 bits per heavy atom. The predicted octanol–water partition coefficient (Wildman–Crippen LogP) is 5.51. The fraction of sp³-hybridized carbons (Fsp3) is 0.476. The summed E-state index contributed by atoms with van der Waals surface area (Å²) >= 11 is 0. The summed E-state index contributed by atoms with van der Waals surface area (Å²) in [5.41, 5.74) is 1.92. The van der Waals surface area contributed by atoms with E-state index in [9.17, 15) is 9.90 Å². The second-order valence-corrected chi connectivity index (χ2v) is 6.04. The Labute approximate surface area is 145 Å². The predicted molar refractivity (Wildman–Crippen MR) is 99.8 cm³/mol. The van der Waals surface area contributed by atoms with Gasteiger partial charge in [-0.05, 0) is 43.2 Å². The molecule has 1 atom stereocenters. The van der Waals surface area contributed by atoms with Gasteiger partial charge in [-0.25, -0.2) is 0 Å². The molecule has 2 N–H and O–H groups in total. The molecule has 0 amide bonds. The number of carboxylic acid groups (broad SMARTS) is 1. The first-order chi connectivity index (χ1) is 11.6. The fourth-order valence-electron chi connectivity index (χ4n) is 2.53. The number of hydrogen-bond donors (Lipinski definition) is 2. The molecule has 0 bridgehead atoms. The second-order valence-electron chi connectivity index (χ2n) is 6.04. The van der Waals surface area contributed by atoms with E-state index in [1.807, 2.05) is 36.4 Å². The number of carbonyl (C=O) groups is 1. The Morgan fingerprint density at radius 1 is 1.08 bits per heavy atom. The van der Waals surface area contributed by atoms with Gasteiger partial charge in [0.25, 0.3) is 0 Å². The van der Waals surface area contributed by atoms with Crippen molar-refractivity contribution in [3.63, 3.8) is 0 Å². The number of aliphatic hydroxyl groups excluding tert-OH is 1. The van der Waals surface area contributed by atoms with Gasteiger partial charge in [0.15, 0.2) is 0 Å². The van der Waals surface area contributed by atoms with Gasteiger partial charge in [-0.3, -0.25) is 4.79 Å². The van der Waals surface area contributed by atoms with Gasteiger partial charge in [-0.1, -0.05) is 68.3 Å². The fourth-order valence-corrected chi connectivity index (χ4v) is 2.53. The normalized spacial score (nSPS) is 12.9. The number of aliphatic hydroxyl groups is 1. The van der Waals surface area contributed by atoms with Gasteiger partial charge in [0.1, 0.15) is 0 Å². The van der Waals surface area contributed by atoms with E-state index in [-0.39, 0.29) is 6.42 Å². The Kier molecular flexibility index (Phi) is 10.5. The second kappa shape index (κ2) is 12.5. The van der Waals surface area contributed by atoms with Gasteiger partial charge in [-0.15, -0.1) is 0 Å². The van der Waals surface area contributed by atoms with Crippen LogP contribution in [0.4, 0.5) is 0 Å². The highest BCUT2D eigenvalue weighted by Gasteiger charge is 2.08. The van der Waals surface area contributed by atoms with E-state index in [0.29, 0.717) is 12.8 Å². The van der Waals surface area contributed by atoms with E-state index in [1.165, 1.54) is 19.3 Å². The average molecular weight is 330 g/mol. The van der Waals surface area contributed by atoms with E-state index in [4.69, 9.17) is 5.11 Å². The van der Waals surface area contributed by atoms with Crippen LogP contribution in [0.15, 0.2) is 42.5 Å². The molecule has 0 spiro atoms. The summed E-state index contributed by atoms with van der Waals surface area (Å²) in [5.74, 6) is -0.759. The van der Waals surface area contributed by atoms with E-state index in [2.05, 4.69) is 19.1 Å². The molecule has 132 valence electrons.